The van der Waals surface area contributed by atoms with E-state index < -0.39 is 41.1 Å². The molecule has 0 spiro atoms. The van der Waals surface area contributed by atoms with E-state index in [-0.39, 0.29) is 5.75 Å². The molecule has 1 heterocycles. The van der Waals surface area contributed by atoms with Crippen LogP contribution in [0.1, 0.15) is 6.92 Å². The number of hydrogen-bond acceptors (Lipinski definition) is 3. The van der Waals surface area contributed by atoms with Gasteiger partial charge >= 0.3 is 6.03 Å². The van der Waals surface area contributed by atoms with Gasteiger partial charge in [-0.05, 0) is 6.92 Å². The van der Waals surface area contributed by atoms with Crippen molar-refractivity contribution in [3.63, 3.8) is 0 Å². The first-order valence-electron chi connectivity index (χ1n) is 4.60. The zero-order valence-electron chi connectivity index (χ0n) is 8.61. The van der Waals surface area contributed by atoms with Crippen LogP contribution >= 0.6 is 0 Å². The molecule has 94 valence electrons. The minimum absolute atomic E-state index is 0.295. The fraction of sp³-hybridized carbons (Fsp3) is 0.857. The van der Waals surface area contributed by atoms with Crippen molar-refractivity contribution in [1.29, 1.82) is 0 Å². The number of primary amides is 1. The number of nitrogens with zero attached hydrogens (tertiary/aromatic N) is 1. The number of likely N-dealkylation sites (tertiary alicyclic amines) is 1. The molecule has 2 amide bonds. The monoisotopic (exact) mass is 257 g/mol. The van der Waals surface area contributed by atoms with E-state index in [1.54, 1.807) is 0 Å². The molecule has 1 rings (SSSR count). The van der Waals surface area contributed by atoms with Crippen molar-refractivity contribution in [3.8, 4) is 0 Å². The van der Waals surface area contributed by atoms with Gasteiger partial charge in [-0.15, -0.1) is 0 Å². The third-order valence-electron chi connectivity index (χ3n) is 2.33. The molecule has 0 aromatic heterocycles. The highest BCUT2D eigenvalue weighted by Crippen LogP contribution is 2.27. The van der Waals surface area contributed by atoms with Crippen LogP contribution in [0, 0.1) is 0 Å². The topological polar surface area (TPSA) is 92.5 Å². The summed E-state index contributed by atoms with van der Waals surface area (Å²) in [7, 11) is -3.73. The van der Waals surface area contributed by atoms with Crippen LogP contribution in [0.5, 0.6) is 0 Å². The van der Waals surface area contributed by atoms with Crippen LogP contribution < -0.4 is 10.5 Å². The highest BCUT2D eigenvalue weighted by atomic mass is 32.2. The molecule has 0 bridgehead atoms. The average molecular weight is 257 g/mol. The minimum Gasteiger partial charge on any atom is -0.351 e. The predicted molar refractivity (Wildman–Crippen MR) is 52.5 cm³/mol. The molecule has 1 fully saturated rings. The Morgan fingerprint density at radius 1 is 1.62 bits per heavy atom. The first-order chi connectivity index (χ1) is 7.18. The van der Waals surface area contributed by atoms with E-state index in [2.05, 4.69) is 0 Å². The van der Waals surface area contributed by atoms with E-state index in [9.17, 15) is 22.0 Å². The number of amides is 2. The lowest BCUT2D eigenvalue weighted by atomic mass is 10.2. The molecule has 1 aliphatic rings. The minimum atomic E-state index is -3.73. The van der Waals surface area contributed by atoms with Crippen LogP contribution in [0.4, 0.5) is 13.6 Å². The highest BCUT2D eigenvalue weighted by molar-refractivity contribution is 7.89. The summed E-state index contributed by atoms with van der Waals surface area (Å²) in [6, 6.07) is -2.59. The van der Waals surface area contributed by atoms with Gasteiger partial charge in [-0.25, -0.2) is 26.7 Å². The molecule has 9 heteroatoms. The third-order valence-corrected chi connectivity index (χ3v) is 3.73. The number of sulfonamides is 1. The number of alkyl halides is 2. The second-order valence-corrected chi connectivity index (χ2v) is 5.60. The van der Waals surface area contributed by atoms with Gasteiger partial charge < -0.3 is 10.6 Å². The van der Waals surface area contributed by atoms with E-state index in [1.165, 1.54) is 6.92 Å². The Morgan fingerprint density at radius 3 is 2.56 bits per heavy atom. The Kier molecular flexibility index (Phi) is 3.38. The average Bonchev–Trinajstić information content (AvgIpc) is 2.42. The lowest BCUT2D eigenvalue weighted by Gasteiger charge is -2.17. The van der Waals surface area contributed by atoms with Crippen LogP contribution in [0.3, 0.4) is 0 Å². The number of hydrogen-bond donors (Lipinski definition) is 2. The molecule has 1 atom stereocenters. The summed E-state index contributed by atoms with van der Waals surface area (Å²) in [6.07, 6.45) is 0. The van der Waals surface area contributed by atoms with Gasteiger partial charge in [-0.2, -0.15) is 0 Å². The van der Waals surface area contributed by atoms with E-state index in [0.29, 0.717) is 4.90 Å². The Morgan fingerprint density at radius 2 is 2.19 bits per heavy atom. The van der Waals surface area contributed by atoms with E-state index in [1.807, 2.05) is 4.72 Å². The summed E-state index contributed by atoms with van der Waals surface area (Å²) in [5.74, 6) is -3.59. The van der Waals surface area contributed by atoms with Crippen molar-refractivity contribution in [2.45, 2.75) is 18.9 Å². The number of nitrogens with two attached hydrogens (primary N) is 1. The summed E-state index contributed by atoms with van der Waals surface area (Å²) in [6.45, 7) is 0.0576. The van der Waals surface area contributed by atoms with Crippen molar-refractivity contribution in [1.82, 2.24) is 9.62 Å². The maximum Gasteiger partial charge on any atom is 0.315 e. The second kappa shape index (κ2) is 4.13. The standard InChI is InChI=1S/C7H13F2N3O3S/c1-2-16(14,15)11-5-3-12(6(10)13)4-7(5,8)9/h5,11H,2-4H2,1H3,(H2,10,13). The number of carbonyl (C=O) groups excluding carboxylic acids is 1. The van der Waals surface area contributed by atoms with Gasteiger partial charge in [0, 0.05) is 6.54 Å². The molecule has 16 heavy (non-hydrogen) atoms. The molecule has 3 N–H and O–H groups in total. The lowest BCUT2D eigenvalue weighted by Crippen LogP contribution is -2.47. The number of carbonyl (C=O) groups is 1. The Balaban J connectivity index is 2.79. The van der Waals surface area contributed by atoms with E-state index in [4.69, 9.17) is 5.73 Å². The first kappa shape index (κ1) is 13.1. The SMILES string of the molecule is CCS(=O)(=O)NC1CN(C(N)=O)CC1(F)F. The first-order valence-corrected chi connectivity index (χ1v) is 6.25. The summed E-state index contributed by atoms with van der Waals surface area (Å²) < 4.78 is 50.8. The molecule has 0 radical (unpaired) electrons. The Bertz CT molecular complexity index is 384. The summed E-state index contributed by atoms with van der Waals surface area (Å²) >= 11 is 0. The Labute approximate surface area is 91.8 Å². The molecular formula is C7H13F2N3O3S. The normalized spacial score (nSPS) is 24.7. The van der Waals surface area contributed by atoms with Crippen molar-refractivity contribution >= 4 is 16.1 Å². The molecule has 0 saturated carbocycles. The lowest BCUT2D eigenvalue weighted by molar-refractivity contribution is -0.00239. The van der Waals surface area contributed by atoms with Crippen molar-refractivity contribution in [2.75, 3.05) is 18.8 Å². The molecule has 1 saturated heterocycles. The van der Waals surface area contributed by atoms with Gasteiger partial charge in [0.15, 0.2) is 0 Å². The number of nitrogens with one attached hydrogen (secondary N) is 1. The second-order valence-electron chi connectivity index (χ2n) is 3.55. The molecule has 0 aromatic rings. The van der Waals surface area contributed by atoms with Crippen molar-refractivity contribution in [2.24, 2.45) is 5.73 Å². The van der Waals surface area contributed by atoms with Crippen LogP contribution in [0.2, 0.25) is 0 Å². The number of halogens is 2. The van der Waals surface area contributed by atoms with E-state index in [0.717, 1.165) is 0 Å². The van der Waals surface area contributed by atoms with Gasteiger partial charge in [0.25, 0.3) is 5.92 Å². The van der Waals surface area contributed by atoms with Crippen LogP contribution in [-0.2, 0) is 10.0 Å². The smallest absolute Gasteiger partial charge is 0.315 e. The van der Waals surface area contributed by atoms with Crippen LogP contribution in [0.15, 0.2) is 0 Å². The quantitative estimate of drug-likeness (QED) is 0.702. The van der Waals surface area contributed by atoms with Gasteiger partial charge in [0.2, 0.25) is 10.0 Å². The fourth-order valence-corrected chi connectivity index (χ4v) is 2.22. The molecular weight excluding hydrogens is 244 g/mol. The maximum atomic E-state index is 13.3. The van der Waals surface area contributed by atoms with Gasteiger partial charge in [-0.3, -0.25) is 0 Å². The van der Waals surface area contributed by atoms with Gasteiger partial charge in [0.1, 0.15) is 6.04 Å². The van der Waals surface area contributed by atoms with Gasteiger partial charge in [-0.1, -0.05) is 0 Å². The largest absolute Gasteiger partial charge is 0.351 e. The molecule has 0 aliphatic carbocycles. The predicted octanol–water partition coefficient (Wildman–Crippen LogP) is -0.676. The van der Waals surface area contributed by atoms with Crippen LogP contribution in [-0.4, -0.2) is 50.2 Å². The summed E-state index contributed by atoms with van der Waals surface area (Å²) in [5.41, 5.74) is 4.85. The summed E-state index contributed by atoms with van der Waals surface area (Å²) in [4.78, 5) is 11.4. The van der Waals surface area contributed by atoms with E-state index >= 15 is 0 Å². The summed E-state index contributed by atoms with van der Waals surface area (Å²) in [5, 5.41) is 0. The Hall–Kier alpha value is -0.960. The fourth-order valence-electron chi connectivity index (χ4n) is 1.37. The third kappa shape index (κ3) is 2.79. The molecule has 0 aromatic carbocycles. The van der Waals surface area contributed by atoms with Gasteiger partial charge in [0.05, 0.1) is 12.3 Å². The number of rotatable bonds is 3. The van der Waals surface area contributed by atoms with Crippen LogP contribution in [0.25, 0.3) is 0 Å². The number of urea groups is 1. The van der Waals surface area contributed by atoms with Crippen molar-refractivity contribution in [3.05, 3.63) is 0 Å². The maximum absolute atomic E-state index is 13.3. The highest BCUT2D eigenvalue weighted by Gasteiger charge is 2.50. The molecule has 1 unspecified atom stereocenters. The molecule has 6 nitrogen and oxygen atoms in total. The van der Waals surface area contributed by atoms with Crippen molar-refractivity contribution < 1.29 is 22.0 Å². The zero-order valence-corrected chi connectivity index (χ0v) is 9.43. The molecule has 1 aliphatic heterocycles. The zero-order chi connectivity index (χ0) is 12.6.